The number of amides is 2. The second-order valence-corrected chi connectivity index (χ2v) is 12.5. The van der Waals surface area contributed by atoms with E-state index in [2.05, 4.69) is 5.32 Å². The van der Waals surface area contributed by atoms with Gasteiger partial charge in [0.25, 0.3) is 10.0 Å². The minimum Gasteiger partial charge on any atom is -0.355 e. The highest BCUT2D eigenvalue weighted by molar-refractivity contribution is 7.92. The second kappa shape index (κ2) is 14.4. The van der Waals surface area contributed by atoms with Gasteiger partial charge in [-0.15, -0.1) is 0 Å². The van der Waals surface area contributed by atoms with Crippen molar-refractivity contribution in [2.24, 2.45) is 0 Å². The minimum absolute atomic E-state index is 0.0131. The number of carbonyl (C=O) groups excluding carboxylic acids is 2. The number of anilines is 1. The molecule has 0 aromatic heterocycles. The molecule has 1 N–H and O–H groups in total. The maximum Gasteiger partial charge on any atom is 0.264 e. The summed E-state index contributed by atoms with van der Waals surface area (Å²) in [7, 11) is -4.16. The summed E-state index contributed by atoms with van der Waals surface area (Å²) in [5.74, 6) is -0.872. The largest absolute Gasteiger partial charge is 0.355 e. The maximum absolute atomic E-state index is 14.5. The van der Waals surface area contributed by atoms with Crippen LogP contribution in [-0.4, -0.2) is 44.3 Å². The third-order valence-electron chi connectivity index (χ3n) is 7.38. The molecule has 0 saturated heterocycles. The smallest absolute Gasteiger partial charge is 0.264 e. The molecule has 0 aliphatic rings. The molecule has 0 bridgehead atoms. The van der Waals surface area contributed by atoms with E-state index < -0.39 is 28.5 Å². The Hall–Kier alpha value is -4.14. The van der Waals surface area contributed by atoms with Crippen LogP contribution in [0.5, 0.6) is 0 Å². The Morgan fingerprint density at radius 3 is 2.12 bits per heavy atom. The number of nitrogens with one attached hydrogen (secondary N) is 1. The van der Waals surface area contributed by atoms with Gasteiger partial charge in [0.1, 0.15) is 12.6 Å². The molecule has 0 aliphatic carbocycles. The monoisotopic (exact) mass is 617 g/mol. The van der Waals surface area contributed by atoms with Crippen LogP contribution in [0.2, 0.25) is 5.02 Å². The summed E-state index contributed by atoms with van der Waals surface area (Å²) in [6.45, 7) is 5.40. The molecular formula is C34H36ClN3O4S. The summed E-state index contributed by atoms with van der Waals surface area (Å²) in [5.41, 5.74) is 3.52. The Morgan fingerprint density at radius 2 is 1.47 bits per heavy atom. The van der Waals surface area contributed by atoms with E-state index in [4.69, 9.17) is 11.6 Å². The maximum atomic E-state index is 14.5. The number of likely N-dealkylation sites (N-methyl/N-ethyl adjacent to an activating group) is 1. The van der Waals surface area contributed by atoms with Gasteiger partial charge >= 0.3 is 0 Å². The van der Waals surface area contributed by atoms with E-state index in [1.54, 1.807) is 48.5 Å². The number of benzene rings is 4. The average molecular weight is 618 g/mol. The van der Waals surface area contributed by atoms with E-state index in [0.717, 1.165) is 21.0 Å². The number of aryl methyl sites for hydroxylation is 1. The zero-order valence-corrected chi connectivity index (χ0v) is 26.1. The first-order valence-electron chi connectivity index (χ1n) is 14.1. The second-order valence-electron chi connectivity index (χ2n) is 10.3. The highest BCUT2D eigenvalue weighted by atomic mass is 35.5. The van der Waals surface area contributed by atoms with Crippen molar-refractivity contribution in [1.29, 1.82) is 0 Å². The van der Waals surface area contributed by atoms with Crippen LogP contribution >= 0.6 is 11.6 Å². The molecule has 4 aromatic carbocycles. The lowest BCUT2D eigenvalue weighted by Gasteiger charge is -2.34. The van der Waals surface area contributed by atoms with Gasteiger partial charge in [-0.2, -0.15) is 0 Å². The fraction of sp³-hybridized carbons (Fsp3) is 0.235. The van der Waals surface area contributed by atoms with E-state index in [1.165, 1.54) is 17.0 Å². The fourth-order valence-electron chi connectivity index (χ4n) is 4.89. The molecule has 43 heavy (non-hydrogen) atoms. The number of hydrogen-bond donors (Lipinski definition) is 1. The van der Waals surface area contributed by atoms with Crippen molar-refractivity contribution < 1.29 is 18.0 Å². The predicted octanol–water partition coefficient (Wildman–Crippen LogP) is 5.93. The molecular weight excluding hydrogens is 582 g/mol. The molecule has 2 amide bonds. The molecule has 1 atom stereocenters. The van der Waals surface area contributed by atoms with Crippen molar-refractivity contribution in [3.8, 4) is 0 Å². The van der Waals surface area contributed by atoms with E-state index >= 15 is 0 Å². The molecule has 7 nitrogen and oxygen atoms in total. The Kier molecular flexibility index (Phi) is 10.6. The fourth-order valence-corrected chi connectivity index (χ4v) is 6.58. The molecule has 0 heterocycles. The van der Waals surface area contributed by atoms with Crippen molar-refractivity contribution in [1.82, 2.24) is 10.2 Å². The number of nitrogens with zero attached hydrogens (tertiary/aromatic N) is 2. The van der Waals surface area contributed by atoms with E-state index in [-0.39, 0.29) is 23.8 Å². The lowest BCUT2D eigenvalue weighted by Crippen LogP contribution is -2.53. The van der Waals surface area contributed by atoms with Crippen LogP contribution in [0.4, 0.5) is 5.69 Å². The number of hydrogen-bond acceptors (Lipinski definition) is 4. The highest BCUT2D eigenvalue weighted by Gasteiger charge is 2.35. The summed E-state index contributed by atoms with van der Waals surface area (Å²) < 4.78 is 29.4. The van der Waals surface area contributed by atoms with Crippen molar-refractivity contribution in [2.75, 3.05) is 17.4 Å². The van der Waals surface area contributed by atoms with Crippen LogP contribution in [0, 0.1) is 13.8 Å². The van der Waals surface area contributed by atoms with Crippen molar-refractivity contribution >= 4 is 39.1 Å². The van der Waals surface area contributed by atoms with Crippen molar-refractivity contribution in [3.63, 3.8) is 0 Å². The summed E-state index contributed by atoms with van der Waals surface area (Å²) in [4.78, 5) is 29.5. The van der Waals surface area contributed by atoms with E-state index in [0.29, 0.717) is 22.8 Å². The molecule has 0 saturated carbocycles. The van der Waals surface area contributed by atoms with Crippen molar-refractivity contribution in [3.05, 3.63) is 130 Å². The van der Waals surface area contributed by atoms with E-state index in [9.17, 15) is 18.0 Å². The molecule has 0 aliphatic heterocycles. The molecule has 9 heteroatoms. The van der Waals surface area contributed by atoms with Gasteiger partial charge < -0.3 is 10.2 Å². The van der Waals surface area contributed by atoms with Gasteiger partial charge in [0.15, 0.2) is 0 Å². The third-order valence-corrected chi connectivity index (χ3v) is 9.52. The zero-order valence-electron chi connectivity index (χ0n) is 24.5. The molecule has 0 spiro atoms. The van der Waals surface area contributed by atoms with Crippen LogP contribution in [0.1, 0.15) is 29.2 Å². The average Bonchev–Trinajstić information content (AvgIpc) is 3.01. The quantitative estimate of drug-likeness (QED) is 0.214. The first-order valence-corrected chi connectivity index (χ1v) is 15.9. The topological polar surface area (TPSA) is 86.8 Å². The molecule has 0 unspecified atom stereocenters. The molecule has 0 fully saturated rings. The van der Waals surface area contributed by atoms with Crippen LogP contribution in [-0.2, 0) is 32.6 Å². The summed E-state index contributed by atoms with van der Waals surface area (Å²) >= 11 is 6.53. The highest BCUT2D eigenvalue weighted by Crippen LogP contribution is 2.29. The Balaban J connectivity index is 1.83. The lowest BCUT2D eigenvalue weighted by molar-refractivity contribution is -0.140. The summed E-state index contributed by atoms with van der Waals surface area (Å²) in [6.07, 6.45) is 0.234. The predicted molar refractivity (Wildman–Crippen MR) is 172 cm³/mol. The Labute approximate surface area is 259 Å². The summed E-state index contributed by atoms with van der Waals surface area (Å²) in [5, 5.41) is 3.30. The van der Waals surface area contributed by atoms with Crippen LogP contribution in [0.15, 0.2) is 108 Å². The summed E-state index contributed by atoms with van der Waals surface area (Å²) in [6, 6.07) is 29.0. The minimum atomic E-state index is -4.16. The van der Waals surface area contributed by atoms with Crippen LogP contribution < -0.4 is 9.62 Å². The SMILES string of the molecule is CCNC(=O)[C@@H](Cc1ccccc1)N(Cc1ccccc1Cl)C(=O)CN(c1cccc(C)c1C)S(=O)(=O)c1ccccc1. The van der Waals surface area contributed by atoms with Gasteiger partial charge in [-0.3, -0.25) is 13.9 Å². The molecule has 4 rings (SSSR count). The van der Waals surface area contributed by atoms with Gasteiger partial charge in [0.05, 0.1) is 10.6 Å². The van der Waals surface area contributed by atoms with E-state index in [1.807, 2.05) is 63.2 Å². The number of sulfonamides is 1. The van der Waals surface area contributed by atoms with Gasteiger partial charge in [-0.1, -0.05) is 90.5 Å². The standard InChI is InChI=1S/C34H36ClN3O4S/c1-4-36-34(40)32(22-27-15-7-5-8-16-27)37(23-28-17-11-12-20-30(28)35)33(39)24-38(31-21-13-14-25(2)26(31)3)43(41,42)29-18-9-6-10-19-29/h5-21,32H,4,22-24H2,1-3H3,(H,36,40)/t32-/m1/s1. The van der Waals surface area contributed by atoms with Gasteiger partial charge in [-0.05, 0) is 67.3 Å². The Bertz CT molecular complexity index is 1660. The van der Waals surface area contributed by atoms with Gasteiger partial charge in [0.2, 0.25) is 11.8 Å². The molecule has 0 radical (unpaired) electrons. The van der Waals surface area contributed by atoms with Crippen molar-refractivity contribution in [2.45, 2.75) is 44.7 Å². The number of halogens is 1. The van der Waals surface area contributed by atoms with Crippen LogP contribution in [0.3, 0.4) is 0 Å². The Morgan fingerprint density at radius 1 is 0.837 bits per heavy atom. The first kappa shape index (κ1) is 31.8. The molecule has 4 aromatic rings. The number of rotatable bonds is 12. The van der Waals surface area contributed by atoms with Crippen LogP contribution in [0.25, 0.3) is 0 Å². The van der Waals surface area contributed by atoms with Gasteiger partial charge in [0, 0.05) is 24.5 Å². The molecule has 224 valence electrons. The number of carbonyl (C=O) groups is 2. The normalized spacial score (nSPS) is 11.9. The lowest BCUT2D eigenvalue weighted by atomic mass is 10.0. The third kappa shape index (κ3) is 7.63. The zero-order chi connectivity index (χ0) is 31.0. The first-order chi connectivity index (χ1) is 20.6. The van der Waals surface area contributed by atoms with Gasteiger partial charge in [-0.25, -0.2) is 8.42 Å².